The first-order chi connectivity index (χ1) is 15.5. The highest BCUT2D eigenvalue weighted by molar-refractivity contribution is 8.30. The second kappa shape index (κ2) is 9.42. The molecule has 0 bridgehead atoms. The van der Waals surface area contributed by atoms with Crippen LogP contribution in [0.4, 0.5) is 0 Å². The molecule has 1 saturated heterocycles. The zero-order valence-electron chi connectivity index (χ0n) is 16.5. The van der Waals surface area contributed by atoms with E-state index in [-0.39, 0.29) is 27.6 Å². The Morgan fingerprint density at radius 2 is 1.42 bits per heavy atom. The minimum absolute atomic E-state index is 0.00287. The number of carbonyl (C=O) groups is 4. The molecule has 2 aromatic rings. The van der Waals surface area contributed by atoms with E-state index >= 15 is 0 Å². The average molecular weight is 532 g/mol. The van der Waals surface area contributed by atoms with Crippen molar-refractivity contribution in [2.24, 2.45) is 0 Å². The molecule has 0 saturated carbocycles. The summed E-state index contributed by atoms with van der Waals surface area (Å²) in [6.07, 6.45) is 1.45. The third kappa shape index (κ3) is 4.68. The Bertz CT molecular complexity index is 1560. The van der Waals surface area contributed by atoms with Crippen LogP contribution >= 0.6 is 46.7 Å². The van der Waals surface area contributed by atoms with Gasteiger partial charge in [-0.05, 0) is 6.92 Å². The monoisotopic (exact) mass is 531 g/mol. The number of carbonyl (C=O) groups excluding carboxylic acids is 1. The van der Waals surface area contributed by atoms with Crippen molar-refractivity contribution >= 4 is 85.8 Å². The molecule has 0 spiro atoms. The summed E-state index contributed by atoms with van der Waals surface area (Å²) in [4.78, 5) is 72.9. The number of carboxylic acid groups (broad SMARTS) is 3. The number of rotatable bonds is 6. The number of aliphatic carboxylic acids is 3. The standard InChI is InChI=1S/C17H13N3O9S4/c1-2-6-12(27)18(3-7(21)22)15(31-6)10-13(28)19(4-8(23)24)16(32-10)11-14(29)20(5-9(25)26)17(30)33-11/h2H,3-5H2,1H3,(H,21,22)(H,23,24)(H,25,26)/b6-2+,15-10-,16-11-. The van der Waals surface area contributed by atoms with Gasteiger partial charge >= 0.3 is 17.9 Å². The van der Waals surface area contributed by atoms with Crippen LogP contribution in [0.1, 0.15) is 6.92 Å². The van der Waals surface area contributed by atoms with Gasteiger partial charge < -0.3 is 15.3 Å². The molecule has 12 nitrogen and oxygen atoms in total. The molecule has 16 heteroatoms. The normalized spacial score (nSPS) is 17.1. The molecule has 1 aliphatic heterocycles. The molecule has 3 heterocycles. The molecule has 0 unspecified atom stereocenters. The van der Waals surface area contributed by atoms with Gasteiger partial charge in [-0.2, -0.15) is 0 Å². The highest BCUT2D eigenvalue weighted by Gasteiger charge is 2.35. The minimum Gasteiger partial charge on any atom is -0.480 e. The minimum atomic E-state index is -1.39. The van der Waals surface area contributed by atoms with Crippen LogP contribution in [0, 0.1) is 9.20 Å². The van der Waals surface area contributed by atoms with E-state index < -0.39 is 54.6 Å². The maximum absolute atomic E-state index is 13.1. The molecule has 1 amide bonds. The van der Waals surface area contributed by atoms with Crippen LogP contribution in [0.25, 0.3) is 11.0 Å². The van der Waals surface area contributed by atoms with Gasteiger partial charge in [-0.1, -0.05) is 30.1 Å². The summed E-state index contributed by atoms with van der Waals surface area (Å²) >= 11 is 7.32. The predicted molar refractivity (Wildman–Crippen MR) is 122 cm³/mol. The Kier molecular flexibility index (Phi) is 7.01. The summed E-state index contributed by atoms with van der Waals surface area (Å²) < 4.78 is 1.57. The second-order valence-corrected chi connectivity index (χ2v) is 10.0. The Labute approximate surface area is 199 Å². The van der Waals surface area contributed by atoms with Crippen LogP contribution < -0.4 is 20.3 Å². The Balaban J connectivity index is 2.49. The zero-order valence-corrected chi connectivity index (χ0v) is 19.7. The van der Waals surface area contributed by atoms with E-state index in [0.717, 1.165) is 25.4 Å². The highest BCUT2D eigenvalue weighted by atomic mass is 32.2. The largest absolute Gasteiger partial charge is 0.480 e. The summed E-state index contributed by atoms with van der Waals surface area (Å²) in [7, 11) is 0. The summed E-state index contributed by atoms with van der Waals surface area (Å²) in [6, 6.07) is 0. The van der Waals surface area contributed by atoms with Crippen LogP contribution in [0.3, 0.4) is 0 Å². The molecule has 2 aromatic heterocycles. The number of thiazole rings is 2. The van der Waals surface area contributed by atoms with Gasteiger partial charge in [0, 0.05) is 0 Å². The van der Waals surface area contributed by atoms with E-state index in [2.05, 4.69) is 0 Å². The van der Waals surface area contributed by atoms with Crippen LogP contribution in [0.2, 0.25) is 0 Å². The highest BCUT2D eigenvalue weighted by Crippen LogP contribution is 2.31. The lowest BCUT2D eigenvalue weighted by Crippen LogP contribution is -2.35. The van der Waals surface area contributed by atoms with Gasteiger partial charge in [0.15, 0.2) is 0 Å². The summed E-state index contributed by atoms with van der Waals surface area (Å²) in [6.45, 7) is -0.708. The van der Waals surface area contributed by atoms with E-state index in [1.807, 2.05) is 0 Å². The van der Waals surface area contributed by atoms with E-state index in [1.54, 1.807) is 6.92 Å². The number of hydrogen-bond donors (Lipinski definition) is 3. The first-order valence-electron chi connectivity index (χ1n) is 8.79. The predicted octanol–water partition coefficient (Wildman–Crippen LogP) is -1.56. The third-order valence-corrected chi connectivity index (χ3v) is 8.30. The molecule has 3 rings (SSSR count). The summed E-state index contributed by atoms with van der Waals surface area (Å²) in [5.41, 5.74) is -1.48. The molecule has 0 radical (unpaired) electrons. The smallest absolute Gasteiger partial charge is 0.323 e. The fourth-order valence-corrected chi connectivity index (χ4v) is 6.56. The number of carboxylic acids is 3. The Hall–Kier alpha value is -3.08. The maximum Gasteiger partial charge on any atom is 0.323 e. The molecular formula is C17H13N3O9S4. The average Bonchev–Trinajstić information content (AvgIpc) is 3.29. The maximum atomic E-state index is 13.1. The van der Waals surface area contributed by atoms with Crippen molar-refractivity contribution < 1.29 is 34.5 Å². The molecule has 0 aliphatic carbocycles. The third-order valence-electron chi connectivity index (χ3n) is 4.17. The van der Waals surface area contributed by atoms with Gasteiger partial charge in [-0.3, -0.25) is 42.8 Å². The topological polar surface area (TPSA) is 176 Å². The SMILES string of the molecule is C/C=c1/s/c(=c2\s/c(=C3\SC(=S)N(CC(=O)O)C3=O)n(CC(=O)O)c2=O)n(CC(=O)O)c1=O. The number of thioether (sulfide) groups is 1. The van der Waals surface area contributed by atoms with E-state index in [9.17, 15) is 39.0 Å². The van der Waals surface area contributed by atoms with Crippen molar-refractivity contribution in [1.82, 2.24) is 14.0 Å². The van der Waals surface area contributed by atoms with E-state index in [0.29, 0.717) is 23.1 Å². The van der Waals surface area contributed by atoms with Crippen molar-refractivity contribution in [2.45, 2.75) is 20.0 Å². The number of hydrogen-bond acceptors (Lipinski definition) is 10. The van der Waals surface area contributed by atoms with Gasteiger partial charge in [-0.15, -0.1) is 22.7 Å². The zero-order chi connectivity index (χ0) is 24.6. The Morgan fingerprint density at radius 3 is 1.94 bits per heavy atom. The molecule has 0 atom stereocenters. The van der Waals surface area contributed by atoms with Crippen molar-refractivity contribution in [3.63, 3.8) is 0 Å². The lowest BCUT2D eigenvalue weighted by Gasteiger charge is -2.10. The van der Waals surface area contributed by atoms with Crippen molar-refractivity contribution in [3.05, 3.63) is 39.1 Å². The first-order valence-corrected chi connectivity index (χ1v) is 11.6. The molecule has 3 N–H and O–H groups in total. The summed E-state index contributed by atoms with van der Waals surface area (Å²) in [5, 5.41) is 27.5. The number of thiocarbonyl (C=S) groups is 1. The molecule has 0 aromatic carbocycles. The van der Waals surface area contributed by atoms with Gasteiger partial charge in [0.05, 0.1) is 4.53 Å². The van der Waals surface area contributed by atoms with E-state index in [4.69, 9.17) is 17.3 Å². The first kappa shape index (κ1) is 24.6. The fraction of sp³-hybridized carbons (Fsp3) is 0.235. The van der Waals surface area contributed by atoms with Crippen molar-refractivity contribution in [3.8, 4) is 0 Å². The van der Waals surface area contributed by atoms with Gasteiger partial charge in [-0.25, -0.2) is 0 Å². The quantitative estimate of drug-likeness (QED) is 0.368. The van der Waals surface area contributed by atoms with Crippen LogP contribution in [0.5, 0.6) is 0 Å². The van der Waals surface area contributed by atoms with Crippen LogP contribution in [-0.2, 0) is 32.3 Å². The van der Waals surface area contributed by atoms with Crippen molar-refractivity contribution in [1.29, 1.82) is 0 Å². The van der Waals surface area contributed by atoms with Gasteiger partial charge in [0.25, 0.3) is 17.0 Å². The van der Waals surface area contributed by atoms with Crippen LogP contribution in [-0.4, -0.2) is 64.0 Å². The molecular weight excluding hydrogens is 518 g/mol. The van der Waals surface area contributed by atoms with Crippen molar-refractivity contribution in [2.75, 3.05) is 6.54 Å². The number of nitrogens with zero attached hydrogens (tertiary/aromatic N) is 3. The number of aromatic nitrogens is 2. The second-order valence-electron chi connectivity index (χ2n) is 6.35. The van der Waals surface area contributed by atoms with E-state index in [1.165, 1.54) is 6.08 Å². The fourth-order valence-electron chi connectivity index (χ4n) is 2.85. The molecule has 1 aliphatic rings. The molecule has 1 fully saturated rings. The lowest BCUT2D eigenvalue weighted by atomic mass is 10.4. The molecule has 33 heavy (non-hydrogen) atoms. The van der Waals surface area contributed by atoms with Gasteiger partial charge in [0.1, 0.15) is 42.7 Å². The Morgan fingerprint density at radius 1 is 0.879 bits per heavy atom. The van der Waals surface area contributed by atoms with Gasteiger partial charge in [0.2, 0.25) is 0 Å². The molecule has 174 valence electrons. The number of amides is 1. The lowest BCUT2D eigenvalue weighted by molar-refractivity contribution is -0.140. The van der Waals surface area contributed by atoms with Crippen LogP contribution in [0.15, 0.2) is 9.59 Å². The summed E-state index contributed by atoms with van der Waals surface area (Å²) in [5.74, 6) is -4.84.